The van der Waals surface area contributed by atoms with Crippen LogP contribution in [0.5, 0.6) is 0 Å². The van der Waals surface area contributed by atoms with E-state index in [2.05, 4.69) is 40.5 Å². The number of hydrogen-bond acceptors (Lipinski definition) is 3. The minimum atomic E-state index is 0.648. The normalized spacial score (nSPS) is 10.9. The zero-order valence-electron chi connectivity index (χ0n) is 9.23. The smallest absolute Gasteiger partial charge is 0.161 e. The molecule has 1 N–H and O–H groups in total. The molecule has 0 saturated carbocycles. The number of rotatable bonds is 2. The summed E-state index contributed by atoms with van der Waals surface area (Å²) in [5.74, 6) is 0. The first-order valence-corrected chi connectivity index (χ1v) is 6.05. The predicted molar refractivity (Wildman–Crippen MR) is 69.5 cm³/mol. The van der Waals surface area contributed by atoms with E-state index in [-0.39, 0.29) is 0 Å². The molecule has 0 saturated heterocycles. The molecule has 3 nitrogen and oxygen atoms in total. The van der Waals surface area contributed by atoms with Crippen LogP contribution in [-0.2, 0) is 0 Å². The second-order valence-corrected chi connectivity index (χ2v) is 4.84. The Kier molecular flexibility index (Phi) is 2.30. The zero-order valence-corrected chi connectivity index (χ0v) is 10.0. The molecule has 3 rings (SSSR count). The zero-order chi connectivity index (χ0) is 11.8. The molecule has 4 heteroatoms. The molecule has 3 aromatic rings. The molecule has 0 aliphatic heterocycles. The van der Waals surface area contributed by atoms with Crippen molar-refractivity contribution >= 4 is 28.7 Å². The average Bonchev–Trinajstić information content (AvgIpc) is 2.93. The van der Waals surface area contributed by atoms with Gasteiger partial charge in [-0.25, -0.2) is 0 Å². The van der Waals surface area contributed by atoms with E-state index in [0.29, 0.717) is 4.88 Å². The van der Waals surface area contributed by atoms with Crippen LogP contribution in [0.2, 0.25) is 0 Å². The number of fused-ring (bicyclic) bond motifs is 1. The van der Waals surface area contributed by atoms with Crippen LogP contribution in [0.25, 0.3) is 22.3 Å². The first-order valence-electron chi connectivity index (χ1n) is 5.28. The van der Waals surface area contributed by atoms with E-state index in [4.69, 9.17) is 0 Å². The molecule has 0 bridgehead atoms. The Morgan fingerprint density at radius 1 is 1.29 bits per heavy atom. The van der Waals surface area contributed by atoms with Gasteiger partial charge < -0.3 is 4.98 Å². The summed E-state index contributed by atoms with van der Waals surface area (Å²) < 4.78 is 4.25. The summed E-state index contributed by atoms with van der Waals surface area (Å²) in [6.45, 7) is 2.07. The Morgan fingerprint density at radius 2 is 2.18 bits per heavy atom. The summed E-state index contributed by atoms with van der Waals surface area (Å²) >= 11 is 1.22. The van der Waals surface area contributed by atoms with Crippen molar-refractivity contribution in [1.29, 1.82) is 0 Å². The van der Waals surface area contributed by atoms with Gasteiger partial charge in [-0.15, -0.1) is 0 Å². The maximum atomic E-state index is 10.6. The molecule has 0 spiro atoms. The fourth-order valence-electron chi connectivity index (χ4n) is 1.86. The molecule has 0 atom stereocenters. The van der Waals surface area contributed by atoms with Crippen LogP contribution < -0.4 is 0 Å². The summed E-state index contributed by atoms with van der Waals surface area (Å²) in [6.07, 6.45) is 0.827. The highest BCUT2D eigenvalue weighted by Crippen LogP contribution is 2.25. The number of aromatic nitrogens is 2. The number of carbonyl (C=O) groups excluding carboxylic acids is 1. The largest absolute Gasteiger partial charge is 0.353 e. The number of nitrogens with zero attached hydrogens (tertiary/aromatic N) is 1. The third-order valence-electron chi connectivity index (χ3n) is 2.70. The highest BCUT2D eigenvalue weighted by Gasteiger charge is 2.07. The lowest BCUT2D eigenvalue weighted by molar-refractivity contribution is 0.112. The monoisotopic (exact) mass is 242 g/mol. The van der Waals surface area contributed by atoms with Gasteiger partial charge in [-0.05, 0) is 42.7 Å². The molecule has 0 fully saturated rings. The van der Waals surface area contributed by atoms with Crippen LogP contribution in [0, 0.1) is 6.92 Å². The summed E-state index contributed by atoms with van der Waals surface area (Å²) in [6, 6.07) is 10.1. The van der Waals surface area contributed by atoms with Gasteiger partial charge in [0.2, 0.25) is 0 Å². The number of H-pyrrole nitrogens is 1. The van der Waals surface area contributed by atoms with Gasteiger partial charge in [0, 0.05) is 10.9 Å². The SMILES string of the molecule is Cc1ccc2[nH]c(-c3cc(C=O)sn3)cc2c1. The summed E-state index contributed by atoms with van der Waals surface area (Å²) in [5.41, 5.74) is 4.10. The van der Waals surface area contributed by atoms with Crippen LogP contribution in [-0.4, -0.2) is 15.6 Å². The molecule has 1 aromatic carbocycles. The minimum absolute atomic E-state index is 0.648. The lowest BCUT2D eigenvalue weighted by atomic mass is 10.2. The standard InChI is InChI=1S/C13H10N2OS/c1-8-2-3-11-9(4-8)5-12(14-11)13-6-10(7-16)17-15-13/h2-7,14H,1H3. The Labute approximate surface area is 102 Å². The number of carbonyl (C=O) groups is 1. The molecule has 2 heterocycles. The number of aldehydes is 1. The summed E-state index contributed by atoms with van der Waals surface area (Å²) in [7, 11) is 0. The van der Waals surface area contributed by atoms with Crippen LogP contribution >= 0.6 is 11.5 Å². The fourth-order valence-corrected chi connectivity index (χ4v) is 2.42. The van der Waals surface area contributed by atoms with Gasteiger partial charge >= 0.3 is 0 Å². The Balaban J connectivity index is 2.14. The van der Waals surface area contributed by atoms with Gasteiger partial charge in [-0.2, -0.15) is 4.37 Å². The fraction of sp³-hybridized carbons (Fsp3) is 0.0769. The van der Waals surface area contributed by atoms with Crippen LogP contribution in [0.15, 0.2) is 30.3 Å². The van der Waals surface area contributed by atoms with Gasteiger partial charge in [-0.3, -0.25) is 4.79 Å². The third-order valence-corrected chi connectivity index (χ3v) is 3.41. The van der Waals surface area contributed by atoms with E-state index in [9.17, 15) is 4.79 Å². The molecule has 0 unspecified atom stereocenters. The van der Waals surface area contributed by atoms with Gasteiger partial charge in [0.1, 0.15) is 5.69 Å². The van der Waals surface area contributed by atoms with Crippen molar-refractivity contribution in [1.82, 2.24) is 9.36 Å². The number of nitrogens with one attached hydrogen (secondary N) is 1. The maximum Gasteiger partial charge on any atom is 0.161 e. The topological polar surface area (TPSA) is 45.8 Å². The molecular formula is C13H10N2OS. The third kappa shape index (κ3) is 1.76. The van der Waals surface area contributed by atoms with E-state index in [0.717, 1.165) is 23.2 Å². The number of benzene rings is 1. The highest BCUT2D eigenvalue weighted by atomic mass is 32.1. The van der Waals surface area contributed by atoms with E-state index < -0.39 is 0 Å². The van der Waals surface area contributed by atoms with Crippen LogP contribution in [0.3, 0.4) is 0 Å². The quantitative estimate of drug-likeness (QED) is 0.700. The van der Waals surface area contributed by atoms with Crippen LogP contribution in [0.4, 0.5) is 0 Å². The Hall–Kier alpha value is -1.94. The highest BCUT2D eigenvalue weighted by molar-refractivity contribution is 7.07. The lowest BCUT2D eigenvalue weighted by Crippen LogP contribution is -1.74. The second-order valence-electron chi connectivity index (χ2n) is 4.01. The number of aromatic amines is 1. The number of aryl methyl sites for hydroxylation is 1. The minimum Gasteiger partial charge on any atom is -0.353 e. The van der Waals surface area contributed by atoms with Crippen molar-refractivity contribution in [2.24, 2.45) is 0 Å². The molecule has 2 aromatic heterocycles. The first-order chi connectivity index (χ1) is 8.26. The first kappa shape index (κ1) is 10.2. The van der Waals surface area contributed by atoms with Crippen molar-refractivity contribution in [3.63, 3.8) is 0 Å². The van der Waals surface area contributed by atoms with E-state index >= 15 is 0 Å². The molecule has 0 radical (unpaired) electrons. The molecular weight excluding hydrogens is 232 g/mol. The van der Waals surface area contributed by atoms with Gasteiger partial charge in [0.25, 0.3) is 0 Å². The van der Waals surface area contributed by atoms with Crippen molar-refractivity contribution < 1.29 is 4.79 Å². The van der Waals surface area contributed by atoms with E-state index in [1.54, 1.807) is 6.07 Å². The maximum absolute atomic E-state index is 10.6. The molecule has 0 amide bonds. The average molecular weight is 242 g/mol. The lowest BCUT2D eigenvalue weighted by Gasteiger charge is -1.90. The van der Waals surface area contributed by atoms with Crippen molar-refractivity contribution in [3.8, 4) is 11.4 Å². The Morgan fingerprint density at radius 3 is 2.94 bits per heavy atom. The molecule has 0 aliphatic rings. The van der Waals surface area contributed by atoms with E-state index in [1.807, 2.05) is 0 Å². The van der Waals surface area contributed by atoms with Crippen molar-refractivity contribution in [2.75, 3.05) is 0 Å². The predicted octanol–water partition coefficient (Wildman–Crippen LogP) is 3.41. The van der Waals surface area contributed by atoms with Gasteiger partial charge in [0.05, 0.1) is 10.6 Å². The van der Waals surface area contributed by atoms with Crippen LogP contribution in [0.1, 0.15) is 15.2 Å². The molecule has 84 valence electrons. The Bertz CT molecular complexity index is 696. The van der Waals surface area contributed by atoms with Gasteiger partial charge in [-0.1, -0.05) is 11.6 Å². The molecule has 17 heavy (non-hydrogen) atoms. The van der Waals surface area contributed by atoms with E-state index in [1.165, 1.54) is 22.5 Å². The van der Waals surface area contributed by atoms with Crippen molar-refractivity contribution in [3.05, 3.63) is 40.8 Å². The summed E-state index contributed by atoms with van der Waals surface area (Å²) in [4.78, 5) is 14.6. The molecule has 0 aliphatic carbocycles. The van der Waals surface area contributed by atoms with Gasteiger partial charge in [0.15, 0.2) is 6.29 Å². The second kappa shape index (κ2) is 3.82. The van der Waals surface area contributed by atoms with Crippen molar-refractivity contribution in [2.45, 2.75) is 6.92 Å². The number of hydrogen-bond donors (Lipinski definition) is 1. The summed E-state index contributed by atoms with van der Waals surface area (Å²) in [5, 5.41) is 1.17.